The second kappa shape index (κ2) is 7.11. The molecule has 1 aliphatic heterocycles. The van der Waals surface area contributed by atoms with E-state index in [2.05, 4.69) is 10.2 Å². The van der Waals surface area contributed by atoms with E-state index in [1.165, 1.54) is 0 Å². The predicted molar refractivity (Wildman–Crippen MR) is 95.7 cm³/mol. The molecule has 1 N–H and O–H groups in total. The van der Waals surface area contributed by atoms with E-state index in [4.69, 9.17) is 23.2 Å². The lowest BCUT2D eigenvalue weighted by Crippen LogP contribution is -2.50. The molecule has 0 spiro atoms. The Morgan fingerprint density at radius 2 is 1.65 bits per heavy atom. The maximum absolute atomic E-state index is 12.3. The summed E-state index contributed by atoms with van der Waals surface area (Å²) in [5, 5.41) is 4.17. The molecule has 0 aromatic heterocycles. The Labute approximate surface area is 145 Å². The monoisotopic (exact) mass is 349 g/mol. The molecule has 0 unspecified atom stereocenters. The maximum Gasteiger partial charge on any atom is 0.321 e. The van der Waals surface area contributed by atoms with Gasteiger partial charge in [0, 0.05) is 36.9 Å². The third-order valence-electron chi connectivity index (χ3n) is 3.84. The quantitative estimate of drug-likeness (QED) is 0.874. The fraction of sp³-hybridized carbons (Fsp3) is 0.235. The number of anilines is 2. The predicted octanol–water partition coefficient (Wildman–Crippen LogP) is 4.35. The van der Waals surface area contributed by atoms with Crippen LogP contribution in [0.4, 0.5) is 16.2 Å². The Balaban J connectivity index is 1.59. The zero-order valence-corrected chi connectivity index (χ0v) is 14.0. The minimum Gasteiger partial charge on any atom is -0.367 e. The SMILES string of the molecule is O=C(Nc1ccccc1)N1CCN(c2ccc(Cl)cc2Cl)CC1. The van der Waals surface area contributed by atoms with Gasteiger partial charge in [-0.1, -0.05) is 41.4 Å². The summed E-state index contributed by atoms with van der Waals surface area (Å²) in [6.45, 7) is 2.78. The van der Waals surface area contributed by atoms with Crippen molar-refractivity contribution in [2.75, 3.05) is 36.4 Å². The molecule has 0 radical (unpaired) electrons. The number of para-hydroxylation sites is 1. The summed E-state index contributed by atoms with van der Waals surface area (Å²) in [6, 6.07) is 14.9. The van der Waals surface area contributed by atoms with Gasteiger partial charge < -0.3 is 15.1 Å². The highest BCUT2D eigenvalue weighted by molar-refractivity contribution is 6.36. The lowest BCUT2D eigenvalue weighted by atomic mass is 10.2. The topological polar surface area (TPSA) is 35.6 Å². The number of carbonyl (C=O) groups excluding carboxylic acids is 1. The van der Waals surface area contributed by atoms with Gasteiger partial charge in [-0.05, 0) is 30.3 Å². The Bertz CT molecular complexity index is 685. The van der Waals surface area contributed by atoms with Gasteiger partial charge in [-0.2, -0.15) is 0 Å². The van der Waals surface area contributed by atoms with E-state index in [0.717, 1.165) is 24.5 Å². The van der Waals surface area contributed by atoms with Gasteiger partial charge in [-0.25, -0.2) is 4.79 Å². The third kappa shape index (κ3) is 3.89. The van der Waals surface area contributed by atoms with Gasteiger partial charge in [-0.15, -0.1) is 0 Å². The average molecular weight is 350 g/mol. The van der Waals surface area contributed by atoms with Gasteiger partial charge in [-0.3, -0.25) is 0 Å². The molecule has 1 aliphatic rings. The van der Waals surface area contributed by atoms with Gasteiger partial charge in [0.15, 0.2) is 0 Å². The number of amides is 2. The average Bonchev–Trinajstić information content (AvgIpc) is 2.56. The second-order valence-corrected chi connectivity index (χ2v) is 6.21. The fourth-order valence-electron chi connectivity index (χ4n) is 2.61. The Morgan fingerprint density at radius 1 is 0.957 bits per heavy atom. The maximum atomic E-state index is 12.3. The van der Waals surface area contributed by atoms with Gasteiger partial charge in [0.05, 0.1) is 10.7 Å². The van der Waals surface area contributed by atoms with Crippen molar-refractivity contribution in [1.82, 2.24) is 4.90 Å². The van der Waals surface area contributed by atoms with Gasteiger partial charge in [0.1, 0.15) is 0 Å². The van der Waals surface area contributed by atoms with E-state index in [1.54, 1.807) is 6.07 Å². The fourth-order valence-corrected chi connectivity index (χ4v) is 3.14. The van der Waals surface area contributed by atoms with Crippen LogP contribution in [0.3, 0.4) is 0 Å². The first-order valence-electron chi connectivity index (χ1n) is 7.44. The van der Waals surface area contributed by atoms with E-state index >= 15 is 0 Å². The van der Waals surface area contributed by atoms with Crippen molar-refractivity contribution >= 4 is 40.6 Å². The molecular weight excluding hydrogens is 333 g/mol. The number of piperazine rings is 1. The van der Waals surface area contributed by atoms with Crippen LogP contribution in [0, 0.1) is 0 Å². The highest BCUT2D eigenvalue weighted by Gasteiger charge is 2.22. The van der Waals surface area contributed by atoms with E-state index in [0.29, 0.717) is 23.1 Å². The number of rotatable bonds is 2. The zero-order chi connectivity index (χ0) is 16.2. The highest BCUT2D eigenvalue weighted by Crippen LogP contribution is 2.29. The van der Waals surface area contributed by atoms with Crippen molar-refractivity contribution in [2.24, 2.45) is 0 Å². The van der Waals surface area contributed by atoms with Gasteiger partial charge in [0.25, 0.3) is 0 Å². The first-order chi connectivity index (χ1) is 11.1. The van der Waals surface area contributed by atoms with Crippen LogP contribution in [0.5, 0.6) is 0 Å². The molecule has 2 aromatic rings. The third-order valence-corrected chi connectivity index (χ3v) is 4.38. The van der Waals surface area contributed by atoms with Gasteiger partial charge in [0.2, 0.25) is 0 Å². The molecule has 0 bridgehead atoms. The second-order valence-electron chi connectivity index (χ2n) is 5.37. The number of hydrogen-bond acceptors (Lipinski definition) is 2. The van der Waals surface area contributed by atoms with Crippen LogP contribution in [0.1, 0.15) is 0 Å². The van der Waals surface area contributed by atoms with Crippen LogP contribution >= 0.6 is 23.2 Å². The van der Waals surface area contributed by atoms with E-state index in [9.17, 15) is 4.79 Å². The van der Waals surface area contributed by atoms with Crippen molar-refractivity contribution < 1.29 is 4.79 Å². The first kappa shape index (κ1) is 16.0. The first-order valence-corrected chi connectivity index (χ1v) is 8.20. The molecule has 4 nitrogen and oxygen atoms in total. The van der Waals surface area contributed by atoms with Gasteiger partial charge >= 0.3 is 6.03 Å². The summed E-state index contributed by atoms with van der Waals surface area (Å²) in [7, 11) is 0. The smallest absolute Gasteiger partial charge is 0.321 e. The van der Waals surface area contributed by atoms with E-state index in [-0.39, 0.29) is 6.03 Å². The zero-order valence-electron chi connectivity index (χ0n) is 12.5. The minimum absolute atomic E-state index is 0.0712. The molecule has 0 atom stereocenters. The van der Waals surface area contributed by atoms with Crippen molar-refractivity contribution in [3.05, 3.63) is 58.6 Å². The summed E-state index contributed by atoms with van der Waals surface area (Å²) in [6.07, 6.45) is 0. The molecule has 1 fully saturated rings. The van der Waals surface area contributed by atoms with Crippen molar-refractivity contribution in [2.45, 2.75) is 0 Å². The van der Waals surface area contributed by atoms with E-state index in [1.807, 2.05) is 47.4 Å². The summed E-state index contributed by atoms with van der Waals surface area (Å²) < 4.78 is 0. The van der Waals surface area contributed by atoms with Crippen molar-refractivity contribution in [1.29, 1.82) is 0 Å². The lowest BCUT2D eigenvalue weighted by Gasteiger charge is -2.36. The molecule has 6 heteroatoms. The van der Waals surface area contributed by atoms with Crippen molar-refractivity contribution in [3.63, 3.8) is 0 Å². The Hall–Kier alpha value is -1.91. The number of urea groups is 1. The summed E-state index contributed by atoms with van der Waals surface area (Å²) in [5.41, 5.74) is 1.76. The van der Waals surface area contributed by atoms with Crippen LogP contribution in [0.2, 0.25) is 10.0 Å². The lowest BCUT2D eigenvalue weighted by molar-refractivity contribution is 0.208. The molecule has 0 aliphatic carbocycles. The summed E-state index contributed by atoms with van der Waals surface area (Å²) >= 11 is 12.2. The molecule has 3 rings (SSSR count). The van der Waals surface area contributed by atoms with Crippen LogP contribution in [0.15, 0.2) is 48.5 Å². The number of hydrogen-bond donors (Lipinski definition) is 1. The molecule has 120 valence electrons. The van der Waals surface area contributed by atoms with Crippen molar-refractivity contribution in [3.8, 4) is 0 Å². The normalized spacial score (nSPS) is 14.7. The molecule has 23 heavy (non-hydrogen) atoms. The number of halogens is 2. The standard InChI is InChI=1S/C17H17Cl2N3O/c18-13-6-7-16(15(19)12-13)21-8-10-22(11-9-21)17(23)20-14-4-2-1-3-5-14/h1-7,12H,8-11H2,(H,20,23). The molecule has 0 saturated carbocycles. The molecule has 2 aromatic carbocycles. The molecular formula is C17H17Cl2N3O. The molecule has 2 amide bonds. The number of nitrogens with one attached hydrogen (secondary N) is 1. The van der Waals surface area contributed by atoms with Crippen LogP contribution < -0.4 is 10.2 Å². The van der Waals surface area contributed by atoms with E-state index < -0.39 is 0 Å². The number of carbonyl (C=O) groups is 1. The summed E-state index contributed by atoms with van der Waals surface area (Å²) in [5.74, 6) is 0. The number of nitrogens with zero attached hydrogens (tertiary/aromatic N) is 2. The van der Waals surface area contributed by atoms with Crippen LogP contribution in [-0.4, -0.2) is 37.1 Å². The van der Waals surface area contributed by atoms with Crippen LogP contribution in [-0.2, 0) is 0 Å². The Morgan fingerprint density at radius 3 is 2.30 bits per heavy atom. The van der Waals surface area contributed by atoms with Crippen LogP contribution in [0.25, 0.3) is 0 Å². The Kier molecular flexibility index (Phi) is 4.94. The highest BCUT2D eigenvalue weighted by atomic mass is 35.5. The summed E-state index contributed by atoms with van der Waals surface area (Å²) in [4.78, 5) is 16.3. The number of benzene rings is 2. The molecule has 1 heterocycles. The molecule has 1 saturated heterocycles. The largest absolute Gasteiger partial charge is 0.367 e. The minimum atomic E-state index is -0.0712.